The Morgan fingerprint density at radius 1 is 1.03 bits per heavy atom. The monoisotopic (exact) mass is 406 g/mol. The minimum atomic E-state index is -0.172. The quantitative estimate of drug-likeness (QED) is 0.510. The second-order valence-electron chi connectivity index (χ2n) is 6.81. The highest BCUT2D eigenvalue weighted by atomic mass is 16.5. The van der Waals surface area contributed by atoms with Crippen molar-refractivity contribution in [3.05, 3.63) is 65.2 Å². The normalized spacial score (nSPS) is 11.0. The Bertz CT molecular complexity index is 1280. The van der Waals surface area contributed by atoms with Crippen LogP contribution in [0, 0.1) is 0 Å². The van der Waals surface area contributed by atoms with Crippen molar-refractivity contribution < 1.29 is 14.3 Å². The van der Waals surface area contributed by atoms with Crippen molar-refractivity contribution in [3.8, 4) is 11.5 Å². The summed E-state index contributed by atoms with van der Waals surface area (Å²) >= 11 is 0. The number of carbonyl (C=O) groups is 1. The first kappa shape index (κ1) is 19.5. The number of benzene rings is 1. The van der Waals surface area contributed by atoms with Gasteiger partial charge < -0.3 is 23.8 Å². The molecule has 0 saturated carbocycles. The number of aryl methyl sites for hydroxylation is 1. The number of carbonyl (C=O) groups excluding carboxylic acids is 1. The van der Waals surface area contributed by atoms with Crippen LogP contribution in [0.2, 0.25) is 0 Å². The van der Waals surface area contributed by atoms with Gasteiger partial charge in [0.2, 0.25) is 5.91 Å². The van der Waals surface area contributed by atoms with Crippen molar-refractivity contribution in [2.24, 2.45) is 0 Å². The molecule has 0 radical (unpaired) electrons. The van der Waals surface area contributed by atoms with Crippen LogP contribution in [-0.2, 0) is 11.3 Å². The van der Waals surface area contributed by atoms with Gasteiger partial charge in [0, 0.05) is 37.5 Å². The summed E-state index contributed by atoms with van der Waals surface area (Å²) in [4.78, 5) is 29.4. The van der Waals surface area contributed by atoms with Crippen LogP contribution in [0.3, 0.4) is 0 Å². The maximum Gasteiger partial charge on any atom is 0.275 e. The lowest BCUT2D eigenvalue weighted by Crippen LogP contribution is -2.23. The summed E-state index contributed by atoms with van der Waals surface area (Å²) < 4.78 is 14.0. The largest absolute Gasteiger partial charge is 0.497 e. The van der Waals surface area contributed by atoms with Crippen molar-refractivity contribution in [3.63, 3.8) is 0 Å². The molecule has 4 aromatic rings. The van der Waals surface area contributed by atoms with Gasteiger partial charge in [0.15, 0.2) is 0 Å². The lowest BCUT2D eigenvalue weighted by atomic mass is 10.2. The summed E-state index contributed by atoms with van der Waals surface area (Å²) in [5.41, 5.74) is 2.16. The number of rotatable bonds is 7. The Labute approximate surface area is 172 Å². The van der Waals surface area contributed by atoms with Crippen molar-refractivity contribution >= 4 is 28.3 Å². The van der Waals surface area contributed by atoms with Crippen LogP contribution in [0.1, 0.15) is 12.8 Å². The average Bonchev–Trinajstić information content (AvgIpc) is 3.26. The molecule has 3 heterocycles. The molecule has 154 valence electrons. The Morgan fingerprint density at radius 3 is 2.63 bits per heavy atom. The maximum absolute atomic E-state index is 13.0. The van der Waals surface area contributed by atoms with E-state index in [1.807, 2.05) is 34.9 Å². The van der Waals surface area contributed by atoms with Crippen LogP contribution >= 0.6 is 0 Å². The van der Waals surface area contributed by atoms with E-state index in [4.69, 9.17) is 9.47 Å². The molecule has 30 heavy (non-hydrogen) atoms. The number of anilines is 1. The number of amides is 1. The smallest absolute Gasteiger partial charge is 0.275 e. The maximum atomic E-state index is 13.0. The summed E-state index contributed by atoms with van der Waals surface area (Å²) in [5, 5.41) is 2.76. The van der Waals surface area contributed by atoms with E-state index in [0.717, 1.165) is 11.0 Å². The number of pyridine rings is 1. The molecule has 1 amide bonds. The first-order valence-corrected chi connectivity index (χ1v) is 9.58. The third kappa shape index (κ3) is 3.71. The van der Waals surface area contributed by atoms with Crippen LogP contribution in [0.15, 0.2) is 59.7 Å². The molecule has 0 aliphatic rings. The molecule has 0 aliphatic carbocycles. The summed E-state index contributed by atoms with van der Waals surface area (Å²) in [6, 6.07) is 12.6. The molecular weight excluding hydrogens is 384 g/mol. The highest BCUT2D eigenvalue weighted by molar-refractivity contribution is 5.89. The van der Waals surface area contributed by atoms with Crippen molar-refractivity contribution in [1.29, 1.82) is 0 Å². The van der Waals surface area contributed by atoms with Crippen molar-refractivity contribution in [1.82, 2.24) is 14.0 Å². The number of aromatic nitrogens is 3. The predicted octanol–water partition coefficient (Wildman–Crippen LogP) is 3.09. The Morgan fingerprint density at radius 2 is 1.83 bits per heavy atom. The predicted molar refractivity (Wildman–Crippen MR) is 114 cm³/mol. The highest BCUT2D eigenvalue weighted by Crippen LogP contribution is 2.21. The van der Waals surface area contributed by atoms with Gasteiger partial charge in [0.05, 0.1) is 25.3 Å². The van der Waals surface area contributed by atoms with E-state index in [1.54, 1.807) is 43.2 Å². The Kier molecular flexibility index (Phi) is 5.38. The lowest BCUT2D eigenvalue weighted by molar-refractivity contribution is -0.116. The zero-order valence-corrected chi connectivity index (χ0v) is 16.8. The van der Waals surface area contributed by atoms with Gasteiger partial charge in [-0.3, -0.25) is 9.59 Å². The molecule has 0 bridgehead atoms. The molecule has 0 unspecified atom stereocenters. The molecule has 0 atom stereocenters. The fraction of sp³-hybridized carbons (Fsp3) is 0.227. The van der Waals surface area contributed by atoms with Gasteiger partial charge in [-0.1, -0.05) is 0 Å². The van der Waals surface area contributed by atoms with Crippen LogP contribution in [-0.4, -0.2) is 34.1 Å². The van der Waals surface area contributed by atoms with Gasteiger partial charge >= 0.3 is 0 Å². The zero-order valence-electron chi connectivity index (χ0n) is 16.8. The van der Waals surface area contributed by atoms with E-state index < -0.39 is 0 Å². The van der Waals surface area contributed by atoms with Gasteiger partial charge in [0.1, 0.15) is 22.8 Å². The number of nitrogens with zero attached hydrogens (tertiary/aromatic N) is 3. The summed E-state index contributed by atoms with van der Waals surface area (Å²) in [5.74, 6) is 1.55. The second kappa shape index (κ2) is 8.28. The topological polar surface area (TPSA) is 86.9 Å². The van der Waals surface area contributed by atoms with Gasteiger partial charge in [-0.2, -0.15) is 0 Å². The molecular formula is C22H22N4O4. The van der Waals surface area contributed by atoms with E-state index in [-0.39, 0.29) is 17.9 Å². The first-order chi connectivity index (χ1) is 14.6. The molecule has 0 aliphatic heterocycles. The van der Waals surface area contributed by atoms with E-state index in [0.29, 0.717) is 35.8 Å². The van der Waals surface area contributed by atoms with Crippen LogP contribution in [0.4, 0.5) is 5.82 Å². The average molecular weight is 406 g/mol. The third-order valence-electron chi connectivity index (χ3n) is 4.97. The third-order valence-corrected chi connectivity index (χ3v) is 4.97. The lowest BCUT2D eigenvalue weighted by Gasteiger charge is -2.14. The van der Waals surface area contributed by atoms with Crippen molar-refractivity contribution in [2.45, 2.75) is 19.4 Å². The van der Waals surface area contributed by atoms with E-state index >= 15 is 0 Å². The molecule has 4 rings (SSSR count). The van der Waals surface area contributed by atoms with Gasteiger partial charge in [-0.25, -0.2) is 4.98 Å². The van der Waals surface area contributed by atoms with Crippen LogP contribution in [0.5, 0.6) is 11.5 Å². The van der Waals surface area contributed by atoms with Gasteiger partial charge in [-0.05, 0) is 36.8 Å². The van der Waals surface area contributed by atoms with Gasteiger partial charge in [-0.15, -0.1) is 0 Å². The summed E-state index contributed by atoms with van der Waals surface area (Å²) in [6.45, 7) is 0.406. The molecule has 1 N–H and O–H groups in total. The fourth-order valence-corrected chi connectivity index (χ4v) is 3.49. The number of ether oxygens (including phenoxy) is 2. The van der Waals surface area contributed by atoms with E-state index in [2.05, 4.69) is 10.3 Å². The molecule has 0 saturated heterocycles. The standard InChI is InChI=1S/C22H22N4O4/c1-29-15-7-8-17-19(13-15)26(22(28)18-5-3-11-25(17)18)12-4-6-21(27)24-20-14-16(30-2)9-10-23-20/h3,5,7-11,13-14H,4,6,12H2,1-2H3,(H,23,24,27). The van der Waals surface area contributed by atoms with Crippen LogP contribution < -0.4 is 20.3 Å². The van der Waals surface area contributed by atoms with Crippen molar-refractivity contribution in [2.75, 3.05) is 19.5 Å². The van der Waals surface area contributed by atoms with Crippen LogP contribution in [0.25, 0.3) is 16.6 Å². The molecule has 0 fully saturated rings. The molecule has 3 aromatic heterocycles. The Hall–Kier alpha value is -3.81. The summed E-state index contributed by atoms with van der Waals surface area (Å²) in [7, 11) is 3.15. The fourth-order valence-electron chi connectivity index (χ4n) is 3.49. The SMILES string of the molecule is COc1ccnc(NC(=O)CCCn2c(=O)c3cccn3c3ccc(OC)cc32)c1. The first-order valence-electron chi connectivity index (χ1n) is 9.58. The minimum absolute atomic E-state index is 0.101. The minimum Gasteiger partial charge on any atom is -0.497 e. The van der Waals surface area contributed by atoms with E-state index in [9.17, 15) is 9.59 Å². The van der Waals surface area contributed by atoms with Gasteiger partial charge in [0.25, 0.3) is 5.56 Å². The number of hydrogen-bond acceptors (Lipinski definition) is 5. The number of nitrogens with one attached hydrogen (secondary N) is 1. The second-order valence-corrected chi connectivity index (χ2v) is 6.81. The summed E-state index contributed by atoms with van der Waals surface area (Å²) in [6.07, 6.45) is 4.19. The Balaban J connectivity index is 1.55. The number of fused-ring (bicyclic) bond motifs is 3. The molecule has 8 nitrogen and oxygen atoms in total. The zero-order chi connectivity index (χ0) is 21.1. The number of methoxy groups -OCH3 is 2. The molecule has 1 aromatic carbocycles. The number of hydrogen-bond donors (Lipinski definition) is 1. The van der Waals surface area contributed by atoms with E-state index in [1.165, 1.54) is 0 Å². The molecule has 8 heteroatoms. The molecule has 0 spiro atoms. The highest BCUT2D eigenvalue weighted by Gasteiger charge is 2.12.